The van der Waals surface area contributed by atoms with Crippen LogP contribution in [0.4, 0.5) is 0 Å². The molecular weight excluding hydrogens is 331 g/mol. The molecule has 2 rings (SSSR count). The first-order chi connectivity index (χ1) is 9.88. The second-order valence-corrected chi connectivity index (χ2v) is 5.86. The lowest BCUT2D eigenvalue weighted by atomic mass is 10.1. The predicted molar refractivity (Wildman–Crippen MR) is 86.2 cm³/mol. The number of pyridine rings is 1. The average molecular weight is 344 g/mol. The van der Waals surface area contributed by atoms with Crippen LogP contribution in [0.2, 0.25) is 15.3 Å². The lowest BCUT2D eigenvalue weighted by molar-refractivity contribution is 0.0742. The van der Waals surface area contributed by atoms with Gasteiger partial charge in [0.2, 0.25) is 0 Å². The largest absolute Gasteiger partial charge is 0.335 e. The van der Waals surface area contributed by atoms with Crippen molar-refractivity contribution in [3.63, 3.8) is 0 Å². The van der Waals surface area contributed by atoms with E-state index in [0.717, 1.165) is 5.56 Å². The number of halogens is 3. The second-order valence-electron chi connectivity index (χ2n) is 4.65. The van der Waals surface area contributed by atoms with Gasteiger partial charge >= 0.3 is 0 Å². The van der Waals surface area contributed by atoms with Gasteiger partial charge in [-0.2, -0.15) is 0 Å². The Hall–Kier alpha value is -1.29. The minimum atomic E-state index is -0.186. The Balaban J connectivity index is 2.26. The molecule has 0 N–H and O–H groups in total. The summed E-state index contributed by atoms with van der Waals surface area (Å²) in [6, 6.07) is 10.3. The molecule has 0 radical (unpaired) electrons. The fraction of sp³-hybridized carbons (Fsp3) is 0.200. The topological polar surface area (TPSA) is 33.2 Å². The van der Waals surface area contributed by atoms with Gasteiger partial charge in [0.15, 0.2) is 0 Å². The zero-order valence-electron chi connectivity index (χ0n) is 11.5. The first-order valence-electron chi connectivity index (χ1n) is 6.24. The van der Waals surface area contributed by atoms with Crippen LogP contribution in [0.1, 0.15) is 28.9 Å². The molecule has 2 aromatic rings. The van der Waals surface area contributed by atoms with Crippen molar-refractivity contribution in [1.29, 1.82) is 0 Å². The van der Waals surface area contributed by atoms with Gasteiger partial charge in [-0.25, -0.2) is 4.98 Å². The highest BCUT2D eigenvalue weighted by Gasteiger charge is 2.20. The summed E-state index contributed by atoms with van der Waals surface area (Å²) in [6.45, 7) is 1.92. The van der Waals surface area contributed by atoms with Crippen LogP contribution in [0.3, 0.4) is 0 Å². The number of amides is 1. The Morgan fingerprint density at radius 2 is 1.76 bits per heavy atom. The molecule has 0 bridgehead atoms. The maximum Gasteiger partial charge on any atom is 0.254 e. The fourth-order valence-electron chi connectivity index (χ4n) is 1.96. The van der Waals surface area contributed by atoms with E-state index in [1.165, 1.54) is 12.1 Å². The summed E-state index contributed by atoms with van der Waals surface area (Å²) in [5, 5.41) is 1.01. The summed E-state index contributed by atoms with van der Waals surface area (Å²) in [7, 11) is 1.72. The Morgan fingerprint density at radius 1 is 1.14 bits per heavy atom. The average Bonchev–Trinajstić information content (AvgIpc) is 2.44. The van der Waals surface area contributed by atoms with Crippen LogP contribution in [-0.4, -0.2) is 22.8 Å². The maximum atomic E-state index is 12.5. The van der Waals surface area contributed by atoms with Gasteiger partial charge in [0.25, 0.3) is 5.91 Å². The molecule has 0 fully saturated rings. The highest BCUT2D eigenvalue weighted by molar-refractivity contribution is 6.33. The molecule has 21 heavy (non-hydrogen) atoms. The number of carbonyl (C=O) groups excluding carboxylic acids is 1. The molecule has 110 valence electrons. The van der Waals surface area contributed by atoms with Crippen LogP contribution in [0, 0.1) is 0 Å². The summed E-state index contributed by atoms with van der Waals surface area (Å²) in [6.07, 6.45) is 0. The van der Waals surface area contributed by atoms with Gasteiger partial charge in [0, 0.05) is 17.6 Å². The van der Waals surface area contributed by atoms with Crippen molar-refractivity contribution in [3.05, 3.63) is 62.9 Å². The molecular formula is C15H13Cl3N2O. The van der Waals surface area contributed by atoms with Crippen LogP contribution >= 0.6 is 34.8 Å². The third-order valence-electron chi connectivity index (χ3n) is 3.24. The zero-order valence-corrected chi connectivity index (χ0v) is 13.7. The van der Waals surface area contributed by atoms with Gasteiger partial charge in [-0.3, -0.25) is 4.79 Å². The molecule has 1 heterocycles. The molecule has 6 heteroatoms. The SMILES string of the molecule is CC(c1cccc(Cl)c1)N(C)C(=O)c1cc(Cl)nc(Cl)c1. The summed E-state index contributed by atoms with van der Waals surface area (Å²) in [5.74, 6) is -0.186. The lowest BCUT2D eigenvalue weighted by Gasteiger charge is -2.25. The Labute approximate surface area is 138 Å². The molecule has 0 saturated heterocycles. The van der Waals surface area contributed by atoms with Crippen molar-refractivity contribution in [2.24, 2.45) is 0 Å². The summed E-state index contributed by atoms with van der Waals surface area (Å²) >= 11 is 17.7. The molecule has 1 unspecified atom stereocenters. The van der Waals surface area contributed by atoms with Crippen molar-refractivity contribution in [2.45, 2.75) is 13.0 Å². The third kappa shape index (κ3) is 3.88. The van der Waals surface area contributed by atoms with E-state index < -0.39 is 0 Å². The van der Waals surface area contributed by atoms with E-state index >= 15 is 0 Å². The van der Waals surface area contributed by atoms with Crippen LogP contribution < -0.4 is 0 Å². The zero-order chi connectivity index (χ0) is 15.6. The van der Waals surface area contributed by atoms with Crippen molar-refractivity contribution in [3.8, 4) is 0 Å². The molecule has 0 aliphatic rings. The van der Waals surface area contributed by atoms with Crippen molar-refractivity contribution in [2.75, 3.05) is 7.05 Å². The first-order valence-corrected chi connectivity index (χ1v) is 7.37. The molecule has 1 amide bonds. The Bertz CT molecular complexity index is 655. The highest BCUT2D eigenvalue weighted by Crippen LogP contribution is 2.24. The Morgan fingerprint density at radius 3 is 2.33 bits per heavy atom. The van der Waals surface area contributed by atoms with E-state index in [2.05, 4.69) is 4.98 Å². The molecule has 1 atom stereocenters. The van der Waals surface area contributed by atoms with Gasteiger partial charge in [-0.1, -0.05) is 46.9 Å². The molecule has 0 saturated carbocycles. The standard InChI is InChI=1S/C15H13Cl3N2O/c1-9(10-4-3-5-12(16)6-10)20(2)15(21)11-7-13(17)19-14(18)8-11/h3-9H,1-2H3. The van der Waals surface area contributed by atoms with Gasteiger partial charge < -0.3 is 4.90 Å². The number of hydrogen-bond acceptors (Lipinski definition) is 2. The fourth-order valence-corrected chi connectivity index (χ4v) is 2.62. The van der Waals surface area contributed by atoms with Gasteiger partial charge in [0.1, 0.15) is 10.3 Å². The van der Waals surface area contributed by atoms with Crippen molar-refractivity contribution in [1.82, 2.24) is 9.88 Å². The van der Waals surface area contributed by atoms with E-state index in [1.807, 2.05) is 25.1 Å². The van der Waals surface area contributed by atoms with E-state index in [4.69, 9.17) is 34.8 Å². The smallest absolute Gasteiger partial charge is 0.254 e. The van der Waals surface area contributed by atoms with Crippen LogP contribution in [0.5, 0.6) is 0 Å². The first kappa shape index (κ1) is 16.1. The molecule has 1 aromatic carbocycles. The van der Waals surface area contributed by atoms with E-state index in [-0.39, 0.29) is 22.3 Å². The second kappa shape index (κ2) is 6.65. The monoisotopic (exact) mass is 342 g/mol. The van der Waals surface area contributed by atoms with Crippen molar-refractivity contribution >= 4 is 40.7 Å². The summed E-state index contributed by atoms with van der Waals surface area (Å²) in [5.41, 5.74) is 1.35. The number of nitrogens with zero attached hydrogens (tertiary/aromatic N) is 2. The summed E-state index contributed by atoms with van der Waals surface area (Å²) in [4.78, 5) is 17.9. The number of rotatable bonds is 3. The highest BCUT2D eigenvalue weighted by atomic mass is 35.5. The molecule has 0 aliphatic heterocycles. The Kier molecular flexibility index (Phi) is 5.09. The number of aromatic nitrogens is 1. The van der Waals surface area contributed by atoms with E-state index in [9.17, 15) is 4.79 Å². The lowest BCUT2D eigenvalue weighted by Crippen LogP contribution is -2.29. The molecule has 1 aromatic heterocycles. The maximum absolute atomic E-state index is 12.5. The van der Waals surface area contributed by atoms with Gasteiger partial charge in [-0.15, -0.1) is 0 Å². The van der Waals surface area contributed by atoms with Crippen LogP contribution in [0.15, 0.2) is 36.4 Å². The quantitative estimate of drug-likeness (QED) is 0.745. The van der Waals surface area contributed by atoms with Crippen molar-refractivity contribution < 1.29 is 4.79 Å². The van der Waals surface area contributed by atoms with E-state index in [0.29, 0.717) is 10.6 Å². The normalized spacial score (nSPS) is 12.0. The molecule has 0 spiro atoms. The number of carbonyl (C=O) groups is 1. The molecule has 3 nitrogen and oxygen atoms in total. The minimum Gasteiger partial charge on any atom is -0.335 e. The number of hydrogen-bond donors (Lipinski definition) is 0. The van der Waals surface area contributed by atoms with Crippen LogP contribution in [0.25, 0.3) is 0 Å². The molecule has 0 aliphatic carbocycles. The minimum absolute atomic E-state index is 0.137. The van der Waals surface area contributed by atoms with Crippen LogP contribution in [-0.2, 0) is 0 Å². The van der Waals surface area contributed by atoms with Gasteiger partial charge in [-0.05, 0) is 36.8 Å². The summed E-state index contributed by atoms with van der Waals surface area (Å²) < 4.78 is 0. The third-order valence-corrected chi connectivity index (χ3v) is 3.86. The number of benzene rings is 1. The predicted octanol–water partition coefficient (Wildman–Crippen LogP) is 4.88. The van der Waals surface area contributed by atoms with Gasteiger partial charge in [0.05, 0.1) is 6.04 Å². The van der Waals surface area contributed by atoms with E-state index in [1.54, 1.807) is 18.0 Å².